The van der Waals surface area contributed by atoms with Gasteiger partial charge in [0.25, 0.3) is 0 Å². The van der Waals surface area contributed by atoms with Crippen molar-refractivity contribution in [2.45, 2.75) is 31.8 Å². The lowest BCUT2D eigenvalue weighted by Gasteiger charge is -2.42. The van der Waals surface area contributed by atoms with Crippen LogP contribution >= 0.6 is 15.9 Å². The van der Waals surface area contributed by atoms with Gasteiger partial charge in [0.1, 0.15) is 0 Å². The minimum Gasteiger partial charge on any atom is -0.345 e. The van der Waals surface area contributed by atoms with Gasteiger partial charge in [0.2, 0.25) is 5.82 Å². The summed E-state index contributed by atoms with van der Waals surface area (Å²) < 4.78 is 0.639. The van der Waals surface area contributed by atoms with E-state index in [2.05, 4.69) is 37.6 Å². The number of aromatic nitrogens is 1. The summed E-state index contributed by atoms with van der Waals surface area (Å²) in [5.74, 6) is 0.497. The minimum atomic E-state index is -0.346. The van der Waals surface area contributed by atoms with Gasteiger partial charge in [-0.25, -0.2) is 4.98 Å². The fourth-order valence-electron chi connectivity index (χ4n) is 3.26. The molecule has 6 nitrogen and oxygen atoms in total. The van der Waals surface area contributed by atoms with E-state index < -0.39 is 0 Å². The number of nitrogens with zero attached hydrogens (tertiary/aromatic N) is 4. The first-order chi connectivity index (χ1) is 9.56. The van der Waals surface area contributed by atoms with Crippen molar-refractivity contribution < 1.29 is 4.92 Å². The van der Waals surface area contributed by atoms with Crippen molar-refractivity contribution in [3.05, 3.63) is 26.9 Å². The number of anilines is 1. The van der Waals surface area contributed by atoms with E-state index in [0.717, 1.165) is 19.6 Å². The van der Waals surface area contributed by atoms with Gasteiger partial charge in [0, 0.05) is 41.9 Å². The molecular weight excluding hydrogens is 324 g/mol. The number of hydrogen-bond donors (Lipinski definition) is 0. The van der Waals surface area contributed by atoms with Gasteiger partial charge >= 0.3 is 5.69 Å². The quantitative estimate of drug-likeness (QED) is 0.611. The van der Waals surface area contributed by atoms with E-state index in [-0.39, 0.29) is 16.7 Å². The predicted molar refractivity (Wildman–Crippen MR) is 80.0 cm³/mol. The third kappa shape index (κ3) is 2.40. The highest BCUT2D eigenvalue weighted by atomic mass is 79.9. The summed E-state index contributed by atoms with van der Waals surface area (Å²) in [5, 5.41) is 11.3. The molecule has 2 atom stereocenters. The maximum Gasteiger partial charge on any atom is 0.312 e. The molecule has 0 aromatic carbocycles. The Bertz CT molecular complexity index is 539. The molecule has 2 aliphatic rings. The first kappa shape index (κ1) is 13.8. The summed E-state index contributed by atoms with van der Waals surface area (Å²) in [7, 11) is 0. The molecule has 3 heterocycles. The lowest BCUT2D eigenvalue weighted by Crippen LogP contribution is -2.55. The second kappa shape index (κ2) is 5.29. The topological polar surface area (TPSA) is 62.5 Å². The van der Waals surface area contributed by atoms with E-state index in [1.165, 1.54) is 18.9 Å². The molecule has 20 heavy (non-hydrogen) atoms. The normalized spacial score (nSPS) is 26.6. The minimum absolute atomic E-state index is 0.0812. The molecule has 1 aromatic rings. The Morgan fingerprint density at radius 1 is 1.50 bits per heavy atom. The number of pyridine rings is 1. The lowest BCUT2D eigenvalue weighted by molar-refractivity contribution is -0.384. The third-order valence-electron chi connectivity index (χ3n) is 4.22. The molecule has 0 N–H and O–H groups in total. The average Bonchev–Trinajstić information content (AvgIpc) is 2.85. The molecule has 0 bridgehead atoms. The molecule has 0 radical (unpaired) electrons. The largest absolute Gasteiger partial charge is 0.345 e. The van der Waals surface area contributed by atoms with Crippen LogP contribution in [0.3, 0.4) is 0 Å². The van der Waals surface area contributed by atoms with Crippen LogP contribution in [0.1, 0.15) is 19.8 Å². The highest BCUT2D eigenvalue weighted by Gasteiger charge is 2.37. The molecular formula is C13H17BrN4O2. The second-order valence-corrected chi connectivity index (χ2v) is 6.46. The van der Waals surface area contributed by atoms with E-state index in [1.54, 1.807) is 6.20 Å². The van der Waals surface area contributed by atoms with E-state index in [1.807, 2.05) is 0 Å². The summed E-state index contributed by atoms with van der Waals surface area (Å²) in [4.78, 5) is 19.8. The van der Waals surface area contributed by atoms with Gasteiger partial charge in [-0.3, -0.25) is 15.0 Å². The van der Waals surface area contributed by atoms with Gasteiger partial charge < -0.3 is 4.90 Å². The molecule has 7 heteroatoms. The molecule has 2 aliphatic heterocycles. The molecule has 108 valence electrons. The van der Waals surface area contributed by atoms with Gasteiger partial charge in [0.05, 0.1) is 4.92 Å². The van der Waals surface area contributed by atoms with Crippen LogP contribution < -0.4 is 4.90 Å². The Kier molecular flexibility index (Phi) is 3.64. The van der Waals surface area contributed by atoms with Crippen LogP contribution in [0.4, 0.5) is 11.5 Å². The Morgan fingerprint density at radius 2 is 2.30 bits per heavy atom. The van der Waals surface area contributed by atoms with E-state index in [0.29, 0.717) is 16.3 Å². The van der Waals surface area contributed by atoms with Crippen molar-refractivity contribution in [2.75, 3.05) is 24.5 Å². The summed E-state index contributed by atoms with van der Waals surface area (Å²) in [6.07, 6.45) is 4.03. The van der Waals surface area contributed by atoms with Crippen LogP contribution in [0.15, 0.2) is 16.7 Å². The average molecular weight is 341 g/mol. The van der Waals surface area contributed by atoms with Gasteiger partial charge in [-0.2, -0.15) is 0 Å². The maximum absolute atomic E-state index is 11.3. The lowest BCUT2D eigenvalue weighted by atomic mass is 10.1. The summed E-state index contributed by atoms with van der Waals surface area (Å²) in [5.41, 5.74) is 0.0812. The molecule has 1 aromatic heterocycles. The van der Waals surface area contributed by atoms with Crippen LogP contribution in [0.25, 0.3) is 0 Å². The van der Waals surface area contributed by atoms with E-state index >= 15 is 0 Å². The van der Waals surface area contributed by atoms with Crippen LogP contribution in [0.2, 0.25) is 0 Å². The fourth-order valence-corrected chi connectivity index (χ4v) is 3.58. The van der Waals surface area contributed by atoms with Crippen molar-refractivity contribution in [3.63, 3.8) is 0 Å². The highest BCUT2D eigenvalue weighted by molar-refractivity contribution is 9.10. The van der Waals surface area contributed by atoms with Gasteiger partial charge in [0.15, 0.2) is 0 Å². The fraction of sp³-hybridized carbons (Fsp3) is 0.615. The van der Waals surface area contributed by atoms with Crippen molar-refractivity contribution in [1.82, 2.24) is 9.88 Å². The number of halogens is 1. The van der Waals surface area contributed by atoms with Crippen LogP contribution in [0.5, 0.6) is 0 Å². The highest BCUT2D eigenvalue weighted by Crippen LogP contribution is 2.33. The van der Waals surface area contributed by atoms with Crippen LogP contribution in [-0.2, 0) is 0 Å². The third-order valence-corrected chi connectivity index (χ3v) is 4.65. The molecule has 0 spiro atoms. The van der Waals surface area contributed by atoms with E-state index in [9.17, 15) is 10.1 Å². The molecule has 0 aliphatic carbocycles. The second-order valence-electron chi connectivity index (χ2n) is 5.55. The van der Waals surface area contributed by atoms with Crippen molar-refractivity contribution in [2.24, 2.45) is 0 Å². The number of nitro groups is 1. The SMILES string of the molecule is CC1CN2CCCC2CN1c1ncc(Br)cc1[N+](=O)[O-]. The predicted octanol–water partition coefficient (Wildman–Crippen LogP) is 2.43. The standard InChI is InChI=1S/C13H17BrN4O2/c1-9-7-16-4-2-3-11(16)8-17(9)13-12(18(19)20)5-10(14)6-15-13/h5-6,9,11H,2-4,7-8H2,1H3. The number of fused-ring (bicyclic) bond motifs is 1. The Hall–Kier alpha value is -1.21. The zero-order chi connectivity index (χ0) is 14.3. The first-order valence-corrected chi connectivity index (χ1v) is 7.66. The molecule has 0 saturated carbocycles. The summed E-state index contributed by atoms with van der Waals surface area (Å²) in [6.45, 7) is 5.05. The van der Waals surface area contributed by atoms with Gasteiger partial charge in [-0.15, -0.1) is 0 Å². The van der Waals surface area contributed by atoms with Gasteiger partial charge in [-0.05, 0) is 42.2 Å². The van der Waals surface area contributed by atoms with Crippen molar-refractivity contribution >= 4 is 27.4 Å². The number of rotatable bonds is 2. The Labute approximate surface area is 126 Å². The first-order valence-electron chi connectivity index (χ1n) is 6.87. The Morgan fingerprint density at radius 3 is 3.05 bits per heavy atom. The molecule has 3 rings (SSSR count). The van der Waals surface area contributed by atoms with Crippen LogP contribution in [0, 0.1) is 10.1 Å². The smallest absolute Gasteiger partial charge is 0.312 e. The summed E-state index contributed by atoms with van der Waals surface area (Å²) >= 11 is 3.26. The Balaban J connectivity index is 1.93. The van der Waals surface area contributed by atoms with Crippen LogP contribution in [-0.4, -0.2) is 46.5 Å². The number of piperazine rings is 1. The molecule has 2 unspecified atom stereocenters. The monoisotopic (exact) mass is 340 g/mol. The maximum atomic E-state index is 11.3. The number of hydrogen-bond acceptors (Lipinski definition) is 5. The van der Waals surface area contributed by atoms with E-state index in [4.69, 9.17) is 0 Å². The summed E-state index contributed by atoms with van der Waals surface area (Å²) in [6, 6.07) is 2.30. The van der Waals surface area contributed by atoms with Crippen molar-refractivity contribution in [3.8, 4) is 0 Å². The van der Waals surface area contributed by atoms with Gasteiger partial charge in [-0.1, -0.05) is 0 Å². The molecule has 0 amide bonds. The molecule has 2 fully saturated rings. The van der Waals surface area contributed by atoms with Crippen molar-refractivity contribution in [1.29, 1.82) is 0 Å². The molecule has 2 saturated heterocycles. The zero-order valence-corrected chi connectivity index (χ0v) is 12.9. The zero-order valence-electron chi connectivity index (χ0n) is 11.3.